The van der Waals surface area contributed by atoms with E-state index in [2.05, 4.69) is 30.2 Å². The predicted molar refractivity (Wildman–Crippen MR) is 120 cm³/mol. The van der Waals surface area contributed by atoms with Crippen molar-refractivity contribution in [1.29, 1.82) is 0 Å². The van der Waals surface area contributed by atoms with Gasteiger partial charge in [-0.2, -0.15) is 4.98 Å². The SMILES string of the molecule is Cc1cccc(C2C3=C(CC(C)(C)CC3=O)Nc3nc(-c4ccc([N+](=O)[O-])cc4)nn32)c1. The molecule has 0 bridgehead atoms. The number of benzene rings is 2. The third-order valence-electron chi connectivity index (χ3n) is 6.03. The standard InChI is InChI=1S/C24H23N5O3/c1-14-5-4-6-16(11-14)21-20-18(12-24(2,3)13-19(20)30)25-23-26-22(27-28(21)23)15-7-9-17(10-8-15)29(31)32/h4-11,21H,12-13H2,1-3H3,(H,25,26,27). The van der Waals surface area contributed by atoms with Crippen LogP contribution in [0.15, 0.2) is 59.8 Å². The zero-order valence-corrected chi connectivity index (χ0v) is 18.1. The maximum atomic E-state index is 13.3. The normalized spacial score (nSPS) is 19.2. The van der Waals surface area contributed by atoms with Gasteiger partial charge < -0.3 is 5.32 Å². The number of Topliss-reactive ketones (excluding diaryl/α,β-unsaturated/α-hetero) is 1. The van der Waals surface area contributed by atoms with Crippen molar-refractivity contribution in [2.75, 3.05) is 5.32 Å². The first-order valence-electron chi connectivity index (χ1n) is 10.5. The number of anilines is 1. The van der Waals surface area contributed by atoms with Crippen molar-refractivity contribution in [2.24, 2.45) is 5.41 Å². The van der Waals surface area contributed by atoms with E-state index >= 15 is 0 Å². The van der Waals surface area contributed by atoms with Crippen LogP contribution in [0, 0.1) is 22.5 Å². The van der Waals surface area contributed by atoms with Gasteiger partial charge in [-0.05, 0) is 36.5 Å². The van der Waals surface area contributed by atoms with E-state index in [0.29, 0.717) is 23.8 Å². The van der Waals surface area contributed by atoms with Crippen LogP contribution in [0.25, 0.3) is 11.4 Å². The summed E-state index contributed by atoms with van der Waals surface area (Å²) in [6, 6.07) is 13.9. The summed E-state index contributed by atoms with van der Waals surface area (Å²) in [6.07, 6.45) is 1.23. The summed E-state index contributed by atoms with van der Waals surface area (Å²) in [4.78, 5) is 28.5. The highest BCUT2D eigenvalue weighted by atomic mass is 16.6. The molecule has 2 heterocycles. The lowest BCUT2D eigenvalue weighted by Crippen LogP contribution is -2.36. The van der Waals surface area contributed by atoms with Crippen LogP contribution in [-0.2, 0) is 4.79 Å². The number of allylic oxidation sites excluding steroid dienone is 2. The number of rotatable bonds is 3. The van der Waals surface area contributed by atoms with Crippen molar-refractivity contribution in [3.05, 3.63) is 81.0 Å². The van der Waals surface area contributed by atoms with Gasteiger partial charge in [0.2, 0.25) is 5.95 Å². The number of hydrogen-bond donors (Lipinski definition) is 1. The lowest BCUT2D eigenvalue weighted by molar-refractivity contribution is -0.384. The summed E-state index contributed by atoms with van der Waals surface area (Å²) in [5.74, 6) is 1.13. The van der Waals surface area contributed by atoms with Gasteiger partial charge in [0.1, 0.15) is 6.04 Å². The molecule has 1 unspecified atom stereocenters. The highest BCUT2D eigenvalue weighted by Gasteiger charge is 2.41. The maximum Gasteiger partial charge on any atom is 0.269 e. The lowest BCUT2D eigenvalue weighted by atomic mass is 9.73. The molecule has 0 fully saturated rings. The molecule has 8 heteroatoms. The zero-order valence-electron chi connectivity index (χ0n) is 18.1. The van der Waals surface area contributed by atoms with Crippen molar-refractivity contribution in [1.82, 2.24) is 14.8 Å². The number of carbonyl (C=O) groups excluding carboxylic acids is 1. The van der Waals surface area contributed by atoms with Crippen LogP contribution in [0.2, 0.25) is 0 Å². The first kappa shape index (κ1) is 20.1. The number of nitro benzene ring substituents is 1. The summed E-state index contributed by atoms with van der Waals surface area (Å²) in [7, 11) is 0. The molecule has 0 amide bonds. The summed E-state index contributed by atoms with van der Waals surface area (Å²) in [6.45, 7) is 6.22. The van der Waals surface area contributed by atoms with Crippen LogP contribution in [0.4, 0.5) is 11.6 Å². The van der Waals surface area contributed by atoms with Gasteiger partial charge in [0, 0.05) is 35.4 Å². The predicted octanol–water partition coefficient (Wildman–Crippen LogP) is 4.82. The van der Waals surface area contributed by atoms with Gasteiger partial charge in [-0.15, -0.1) is 5.10 Å². The molecule has 3 aromatic rings. The number of aryl methyl sites for hydroxylation is 1. The first-order chi connectivity index (χ1) is 15.2. The first-order valence-corrected chi connectivity index (χ1v) is 10.5. The minimum Gasteiger partial charge on any atom is -0.328 e. The number of hydrogen-bond acceptors (Lipinski definition) is 6. The van der Waals surface area contributed by atoms with Gasteiger partial charge in [0.15, 0.2) is 11.6 Å². The second kappa shape index (κ2) is 7.12. The average Bonchev–Trinajstić information content (AvgIpc) is 3.15. The Bertz CT molecular complexity index is 1290. The molecule has 0 spiro atoms. The molecule has 8 nitrogen and oxygen atoms in total. The number of carbonyl (C=O) groups is 1. The summed E-state index contributed by atoms with van der Waals surface area (Å²) in [5.41, 5.74) is 4.27. The number of nitrogens with one attached hydrogen (secondary N) is 1. The van der Waals surface area contributed by atoms with E-state index in [-0.39, 0.29) is 22.9 Å². The Labute approximate surface area is 185 Å². The Hall–Kier alpha value is -3.81. The number of fused-ring (bicyclic) bond motifs is 1. The summed E-state index contributed by atoms with van der Waals surface area (Å²) < 4.78 is 1.76. The molecule has 1 aromatic heterocycles. The third kappa shape index (κ3) is 3.37. The molecular weight excluding hydrogens is 406 g/mol. The largest absolute Gasteiger partial charge is 0.328 e. The van der Waals surface area contributed by atoms with Crippen LogP contribution in [0.1, 0.15) is 43.9 Å². The quantitative estimate of drug-likeness (QED) is 0.473. The monoisotopic (exact) mass is 429 g/mol. The molecule has 1 atom stereocenters. The topological polar surface area (TPSA) is 103 Å². The van der Waals surface area contributed by atoms with Crippen LogP contribution in [0.5, 0.6) is 0 Å². The number of nitro groups is 1. The molecule has 32 heavy (non-hydrogen) atoms. The molecule has 0 radical (unpaired) electrons. The molecule has 1 N–H and O–H groups in total. The summed E-state index contributed by atoms with van der Waals surface area (Å²) in [5, 5.41) is 19.1. The minimum absolute atomic E-state index is 0.0124. The number of non-ortho nitro benzene ring substituents is 1. The fraction of sp³-hybridized carbons (Fsp3) is 0.292. The Morgan fingerprint density at radius 1 is 1.16 bits per heavy atom. The van der Waals surface area contributed by atoms with Gasteiger partial charge in [0.05, 0.1) is 4.92 Å². The molecule has 2 aromatic carbocycles. The second-order valence-electron chi connectivity index (χ2n) is 9.28. The second-order valence-corrected chi connectivity index (χ2v) is 9.28. The smallest absolute Gasteiger partial charge is 0.269 e. The third-order valence-corrected chi connectivity index (χ3v) is 6.03. The molecule has 0 saturated heterocycles. The van der Waals surface area contributed by atoms with Crippen molar-refractivity contribution in [3.63, 3.8) is 0 Å². The van der Waals surface area contributed by atoms with E-state index in [1.807, 2.05) is 25.1 Å². The highest BCUT2D eigenvalue weighted by molar-refractivity contribution is 6.00. The molecule has 2 aliphatic rings. The van der Waals surface area contributed by atoms with Crippen LogP contribution in [0.3, 0.4) is 0 Å². The Morgan fingerprint density at radius 3 is 2.59 bits per heavy atom. The van der Waals surface area contributed by atoms with Gasteiger partial charge >= 0.3 is 0 Å². The zero-order chi connectivity index (χ0) is 22.6. The number of ketones is 1. The van der Waals surface area contributed by atoms with Gasteiger partial charge in [0.25, 0.3) is 5.69 Å². The fourth-order valence-corrected chi connectivity index (χ4v) is 4.61. The Morgan fingerprint density at radius 2 is 1.91 bits per heavy atom. The summed E-state index contributed by atoms with van der Waals surface area (Å²) >= 11 is 0. The van der Waals surface area contributed by atoms with E-state index in [0.717, 1.165) is 28.8 Å². The molecule has 0 saturated carbocycles. The molecule has 162 valence electrons. The fourth-order valence-electron chi connectivity index (χ4n) is 4.61. The maximum absolute atomic E-state index is 13.3. The molecule has 1 aliphatic heterocycles. The highest BCUT2D eigenvalue weighted by Crippen LogP contribution is 2.45. The Balaban J connectivity index is 1.65. The van der Waals surface area contributed by atoms with Crippen molar-refractivity contribution >= 4 is 17.4 Å². The van der Waals surface area contributed by atoms with Gasteiger partial charge in [-0.1, -0.05) is 43.7 Å². The van der Waals surface area contributed by atoms with Crippen molar-refractivity contribution in [2.45, 2.75) is 39.7 Å². The van der Waals surface area contributed by atoms with E-state index in [9.17, 15) is 14.9 Å². The average molecular weight is 429 g/mol. The van der Waals surface area contributed by atoms with Crippen LogP contribution >= 0.6 is 0 Å². The van der Waals surface area contributed by atoms with E-state index < -0.39 is 4.92 Å². The van der Waals surface area contributed by atoms with Crippen LogP contribution in [-0.4, -0.2) is 25.5 Å². The number of aromatic nitrogens is 3. The van der Waals surface area contributed by atoms with E-state index in [1.54, 1.807) is 16.8 Å². The van der Waals surface area contributed by atoms with Gasteiger partial charge in [-0.25, -0.2) is 4.68 Å². The van der Waals surface area contributed by atoms with Crippen LogP contribution < -0.4 is 5.32 Å². The van der Waals surface area contributed by atoms with Crippen molar-refractivity contribution < 1.29 is 9.72 Å². The van der Waals surface area contributed by atoms with E-state index in [1.165, 1.54) is 12.1 Å². The molecule has 1 aliphatic carbocycles. The Kier molecular flexibility index (Phi) is 4.47. The van der Waals surface area contributed by atoms with Crippen molar-refractivity contribution in [3.8, 4) is 11.4 Å². The molecule has 5 rings (SSSR count). The van der Waals surface area contributed by atoms with E-state index in [4.69, 9.17) is 5.10 Å². The van der Waals surface area contributed by atoms with Gasteiger partial charge in [-0.3, -0.25) is 14.9 Å². The minimum atomic E-state index is -0.434. The molecular formula is C24H23N5O3. The lowest BCUT2D eigenvalue weighted by Gasteiger charge is -2.38. The number of nitrogens with zero attached hydrogens (tertiary/aromatic N) is 4.